The molecule has 0 bridgehead atoms. The molecule has 3 heteroatoms. The Hall–Kier alpha value is -2.16. The molecule has 2 aromatic carbocycles. The minimum atomic E-state index is -0.502. The van der Waals surface area contributed by atoms with Gasteiger partial charge in [0.1, 0.15) is 5.82 Å². The van der Waals surface area contributed by atoms with Crippen LogP contribution in [0.15, 0.2) is 42.5 Å². The molecule has 0 saturated heterocycles. The van der Waals surface area contributed by atoms with Crippen LogP contribution in [0, 0.1) is 19.7 Å². The van der Waals surface area contributed by atoms with Gasteiger partial charge in [0.25, 0.3) is 5.91 Å². The maximum absolute atomic E-state index is 13.6. The molecule has 0 radical (unpaired) electrons. The summed E-state index contributed by atoms with van der Waals surface area (Å²) >= 11 is 0. The van der Waals surface area contributed by atoms with Crippen molar-refractivity contribution in [3.05, 3.63) is 70.5 Å². The van der Waals surface area contributed by atoms with E-state index in [1.807, 2.05) is 39.0 Å². The number of carbonyl (C=O) groups is 1. The van der Waals surface area contributed by atoms with Crippen LogP contribution >= 0.6 is 0 Å². The third-order valence-corrected chi connectivity index (χ3v) is 3.37. The number of nitrogens with one attached hydrogen (secondary N) is 1. The average molecular weight is 271 g/mol. The number of halogens is 1. The molecule has 0 spiro atoms. The van der Waals surface area contributed by atoms with Crippen LogP contribution in [0.3, 0.4) is 0 Å². The van der Waals surface area contributed by atoms with Crippen molar-refractivity contribution in [2.45, 2.75) is 26.8 Å². The Kier molecular flexibility index (Phi) is 4.18. The summed E-state index contributed by atoms with van der Waals surface area (Å²) in [6.07, 6.45) is 0. The number of rotatable bonds is 3. The standard InChI is InChI=1S/C17H18FNO/c1-11-8-9-12(2)15(10-11)13(3)19-17(20)14-6-4-5-7-16(14)18/h4-10,13H,1-3H3,(H,19,20). The first-order valence-corrected chi connectivity index (χ1v) is 6.61. The predicted octanol–water partition coefficient (Wildman–Crippen LogP) is 3.93. The van der Waals surface area contributed by atoms with Crippen LogP contribution in [0.25, 0.3) is 0 Å². The fourth-order valence-electron chi connectivity index (χ4n) is 2.22. The van der Waals surface area contributed by atoms with Gasteiger partial charge in [0, 0.05) is 0 Å². The molecule has 0 fully saturated rings. The molecule has 0 aromatic heterocycles. The summed E-state index contributed by atoms with van der Waals surface area (Å²) < 4.78 is 13.6. The third-order valence-electron chi connectivity index (χ3n) is 3.37. The molecular weight excluding hydrogens is 253 g/mol. The van der Waals surface area contributed by atoms with E-state index in [0.717, 1.165) is 16.7 Å². The van der Waals surface area contributed by atoms with Gasteiger partial charge >= 0.3 is 0 Å². The molecule has 0 aliphatic carbocycles. The molecule has 1 amide bonds. The van der Waals surface area contributed by atoms with Gasteiger partial charge in [0.15, 0.2) is 0 Å². The van der Waals surface area contributed by atoms with E-state index in [2.05, 4.69) is 5.32 Å². The van der Waals surface area contributed by atoms with Gasteiger partial charge in [-0.05, 0) is 44.0 Å². The average Bonchev–Trinajstić information content (AvgIpc) is 2.41. The molecule has 0 saturated carbocycles. The topological polar surface area (TPSA) is 29.1 Å². The van der Waals surface area contributed by atoms with Crippen molar-refractivity contribution < 1.29 is 9.18 Å². The van der Waals surface area contributed by atoms with Crippen molar-refractivity contribution >= 4 is 5.91 Å². The first-order chi connectivity index (χ1) is 9.49. The summed E-state index contributed by atoms with van der Waals surface area (Å²) in [5.74, 6) is -0.894. The van der Waals surface area contributed by atoms with E-state index in [1.54, 1.807) is 12.1 Å². The summed E-state index contributed by atoms with van der Waals surface area (Å²) in [5.41, 5.74) is 3.37. The molecule has 0 aliphatic heterocycles. The minimum Gasteiger partial charge on any atom is -0.345 e. The van der Waals surface area contributed by atoms with Gasteiger partial charge in [0.2, 0.25) is 0 Å². The molecule has 2 rings (SSSR count). The molecule has 0 aliphatic rings. The summed E-state index contributed by atoms with van der Waals surface area (Å²) in [4.78, 5) is 12.1. The molecule has 1 atom stereocenters. The molecule has 2 aromatic rings. The Balaban J connectivity index is 2.19. The first kappa shape index (κ1) is 14.3. The number of aryl methyl sites for hydroxylation is 2. The van der Waals surface area contributed by atoms with Crippen LogP contribution in [0.4, 0.5) is 4.39 Å². The lowest BCUT2D eigenvalue weighted by molar-refractivity contribution is 0.0935. The van der Waals surface area contributed by atoms with E-state index in [-0.39, 0.29) is 11.6 Å². The predicted molar refractivity (Wildman–Crippen MR) is 78.2 cm³/mol. The van der Waals surface area contributed by atoms with E-state index >= 15 is 0 Å². The van der Waals surface area contributed by atoms with Crippen LogP contribution < -0.4 is 5.32 Å². The quantitative estimate of drug-likeness (QED) is 0.900. The summed E-state index contributed by atoms with van der Waals surface area (Å²) in [6, 6.07) is 11.9. The van der Waals surface area contributed by atoms with Crippen LogP contribution in [-0.2, 0) is 0 Å². The SMILES string of the molecule is Cc1ccc(C)c(C(C)NC(=O)c2ccccc2F)c1. The van der Waals surface area contributed by atoms with Gasteiger partial charge < -0.3 is 5.32 Å². The van der Waals surface area contributed by atoms with Crippen molar-refractivity contribution in [3.8, 4) is 0 Å². The van der Waals surface area contributed by atoms with Crippen molar-refractivity contribution in [1.29, 1.82) is 0 Å². The number of amides is 1. The first-order valence-electron chi connectivity index (χ1n) is 6.61. The number of benzene rings is 2. The monoisotopic (exact) mass is 271 g/mol. The highest BCUT2D eigenvalue weighted by molar-refractivity contribution is 5.94. The minimum absolute atomic E-state index is 0.0738. The van der Waals surface area contributed by atoms with Gasteiger partial charge in [0.05, 0.1) is 11.6 Å². The van der Waals surface area contributed by atoms with Crippen LogP contribution in [-0.4, -0.2) is 5.91 Å². The number of hydrogen-bond acceptors (Lipinski definition) is 1. The summed E-state index contributed by atoms with van der Waals surface area (Å²) in [7, 11) is 0. The Morgan fingerprint density at radius 3 is 2.55 bits per heavy atom. The van der Waals surface area contributed by atoms with E-state index in [4.69, 9.17) is 0 Å². The number of hydrogen-bond donors (Lipinski definition) is 1. The van der Waals surface area contributed by atoms with Gasteiger partial charge in [-0.25, -0.2) is 4.39 Å². The highest BCUT2D eigenvalue weighted by Crippen LogP contribution is 2.19. The zero-order valence-electron chi connectivity index (χ0n) is 11.9. The molecular formula is C17H18FNO. The van der Waals surface area contributed by atoms with Crippen molar-refractivity contribution in [2.24, 2.45) is 0 Å². The van der Waals surface area contributed by atoms with E-state index < -0.39 is 11.7 Å². The lowest BCUT2D eigenvalue weighted by Crippen LogP contribution is -2.27. The third kappa shape index (κ3) is 3.05. The second kappa shape index (κ2) is 5.87. The molecule has 1 N–H and O–H groups in total. The number of carbonyl (C=O) groups excluding carboxylic acids is 1. The highest BCUT2D eigenvalue weighted by Gasteiger charge is 2.15. The van der Waals surface area contributed by atoms with E-state index in [9.17, 15) is 9.18 Å². The van der Waals surface area contributed by atoms with Crippen molar-refractivity contribution in [3.63, 3.8) is 0 Å². The Bertz CT molecular complexity index is 637. The molecule has 1 unspecified atom stereocenters. The lowest BCUT2D eigenvalue weighted by atomic mass is 9.99. The van der Waals surface area contributed by atoms with Gasteiger partial charge in [-0.3, -0.25) is 4.79 Å². The smallest absolute Gasteiger partial charge is 0.254 e. The Morgan fingerprint density at radius 1 is 1.15 bits per heavy atom. The fraction of sp³-hybridized carbons (Fsp3) is 0.235. The maximum atomic E-state index is 13.6. The summed E-state index contributed by atoms with van der Waals surface area (Å²) in [5, 5.41) is 2.84. The summed E-state index contributed by atoms with van der Waals surface area (Å²) in [6.45, 7) is 5.91. The van der Waals surface area contributed by atoms with Crippen LogP contribution in [0.5, 0.6) is 0 Å². The zero-order valence-corrected chi connectivity index (χ0v) is 11.9. The second-order valence-electron chi connectivity index (χ2n) is 5.04. The Labute approximate surface area is 118 Å². The van der Waals surface area contributed by atoms with E-state index in [0.29, 0.717) is 0 Å². The highest BCUT2D eigenvalue weighted by atomic mass is 19.1. The lowest BCUT2D eigenvalue weighted by Gasteiger charge is -2.17. The van der Waals surface area contributed by atoms with Crippen molar-refractivity contribution in [2.75, 3.05) is 0 Å². The van der Waals surface area contributed by atoms with Gasteiger partial charge in [-0.15, -0.1) is 0 Å². The van der Waals surface area contributed by atoms with Crippen LogP contribution in [0.2, 0.25) is 0 Å². The second-order valence-corrected chi connectivity index (χ2v) is 5.04. The largest absolute Gasteiger partial charge is 0.345 e. The van der Waals surface area contributed by atoms with Gasteiger partial charge in [-0.2, -0.15) is 0 Å². The van der Waals surface area contributed by atoms with Crippen LogP contribution in [0.1, 0.15) is 40.0 Å². The molecule has 0 heterocycles. The maximum Gasteiger partial charge on any atom is 0.254 e. The Morgan fingerprint density at radius 2 is 1.85 bits per heavy atom. The van der Waals surface area contributed by atoms with Gasteiger partial charge in [-0.1, -0.05) is 35.9 Å². The van der Waals surface area contributed by atoms with Crippen molar-refractivity contribution in [1.82, 2.24) is 5.32 Å². The normalized spacial score (nSPS) is 12.0. The molecule has 20 heavy (non-hydrogen) atoms. The fourth-order valence-corrected chi connectivity index (χ4v) is 2.22. The van der Waals surface area contributed by atoms with E-state index in [1.165, 1.54) is 12.1 Å². The molecule has 104 valence electrons. The zero-order chi connectivity index (χ0) is 14.7. The molecule has 2 nitrogen and oxygen atoms in total.